The molecule has 1 fully saturated rings. The van der Waals surface area contributed by atoms with Gasteiger partial charge in [-0.3, -0.25) is 9.48 Å². The maximum atomic E-state index is 12.0. The highest BCUT2D eigenvalue weighted by atomic mass is 35.5. The Morgan fingerprint density at radius 1 is 1.47 bits per heavy atom. The van der Waals surface area contributed by atoms with E-state index in [0.717, 1.165) is 0 Å². The fourth-order valence-electron chi connectivity index (χ4n) is 3.67. The summed E-state index contributed by atoms with van der Waals surface area (Å²) in [7, 11) is 1.62. The summed E-state index contributed by atoms with van der Waals surface area (Å²) in [6.07, 6.45) is 6.10. The standard InChI is InChI=1S/C20H24ClN7O4/c1-3-16(30)27-8-12(15(10-27)31-2)11-32-19-17-14(21)7-22-18(17)25-20(26-19)24-13-6-23-28(9-13)4-5-29/h3,6-7,9,12,15,29H,1,4-5,8,10-11H2,2H3,(H2,22,24,25,26)/t12-,15+/m1/s1. The number of hydrogen-bond donors (Lipinski definition) is 3. The van der Waals surface area contributed by atoms with Crippen molar-refractivity contribution < 1.29 is 19.4 Å². The van der Waals surface area contributed by atoms with Crippen LogP contribution in [0.2, 0.25) is 5.02 Å². The van der Waals surface area contributed by atoms with Crippen LogP contribution in [0.25, 0.3) is 11.0 Å². The molecule has 0 bridgehead atoms. The van der Waals surface area contributed by atoms with Crippen LogP contribution in [0.3, 0.4) is 0 Å². The van der Waals surface area contributed by atoms with Crippen molar-refractivity contribution in [1.82, 2.24) is 29.6 Å². The smallest absolute Gasteiger partial charge is 0.246 e. The lowest BCUT2D eigenvalue weighted by atomic mass is 10.1. The molecule has 3 aromatic rings. The molecule has 0 saturated carbocycles. The molecule has 0 aromatic carbocycles. The molecule has 0 unspecified atom stereocenters. The first-order chi connectivity index (χ1) is 15.5. The number of halogens is 1. The summed E-state index contributed by atoms with van der Waals surface area (Å²) in [5.74, 6) is 0.434. The van der Waals surface area contributed by atoms with E-state index >= 15 is 0 Å². The molecule has 2 atom stereocenters. The normalized spacial score (nSPS) is 18.3. The molecule has 32 heavy (non-hydrogen) atoms. The number of amides is 1. The minimum Gasteiger partial charge on any atom is -0.477 e. The van der Waals surface area contributed by atoms with Crippen LogP contribution < -0.4 is 10.1 Å². The van der Waals surface area contributed by atoms with Gasteiger partial charge in [0.1, 0.15) is 5.65 Å². The summed E-state index contributed by atoms with van der Waals surface area (Å²) < 4.78 is 13.2. The summed E-state index contributed by atoms with van der Waals surface area (Å²) in [5.41, 5.74) is 1.18. The maximum Gasteiger partial charge on any atom is 0.246 e. The topological polar surface area (TPSA) is 130 Å². The Bertz CT molecular complexity index is 1110. The van der Waals surface area contributed by atoms with Crippen molar-refractivity contribution in [2.75, 3.05) is 38.7 Å². The fourth-order valence-corrected chi connectivity index (χ4v) is 3.89. The third kappa shape index (κ3) is 4.54. The Morgan fingerprint density at radius 3 is 3.06 bits per heavy atom. The molecule has 11 nitrogen and oxygen atoms in total. The van der Waals surface area contributed by atoms with E-state index in [-0.39, 0.29) is 31.1 Å². The Kier molecular flexibility index (Phi) is 6.58. The van der Waals surface area contributed by atoms with Crippen LogP contribution >= 0.6 is 11.6 Å². The van der Waals surface area contributed by atoms with Gasteiger partial charge < -0.3 is 29.8 Å². The molecule has 0 spiro atoms. The summed E-state index contributed by atoms with van der Waals surface area (Å²) in [5, 5.41) is 17.3. The molecular weight excluding hydrogens is 438 g/mol. The van der Waals surface area contributed by atoms with Gasteiger partial charge in [-0.1, -0.05) is 18.2 Å². The van der Waals surface area contributed by atoms with E-state index in [0.29, 0.717) is 53.2 Å². The third-order valence-electron chi connectivity index (χ3n) is 5.27. The van der Waals surface area contributed by atoms with Crippen molar-refractivity contribution in [3.8, 4) is 5.88 Å². The number of anilines is 2. The van der Waals surface area contributed by atoms with Crippen molar-refractivity contribution in [3.05, 3.63) is 36.3 Å². The highest BCUT2D eigenvalue weighted by Crippen LogP contribution is 2.32. The number of aliphatic hydroxyl groups excluding tert-OH is 1. The lowest BCUT2D eigenvalue weighted by Gasteiger charge is -2.17. The fraction of sp³-hybridized carbons (Fsp3) is 0.400. The molecule has 3 aromatic heterocycles. The molecule has 170 valence electrons. The van der Waals surface area contributed by atoms with Crippen LogP contribution in [0.4, 0.5) is 11.6 Å². The van der Waals surface area contributed by atoms with Gasteiger partial charge in [0, 0.05) is 38.5 Å². The predicted octanol–water partition coefficient (Wildman–Crippen LogP) is 1.58. The zero-order valence-electron chi connectivity index (χ0n) is 17.5. The Labute approximate surface area is 189 Å². The molecule has 1 aliphatic rings. The molecule has 0 radical (unpaired) electrons. The molecule has 4 rings (SSSR count). The molecule has 1 saturated heterocycles. The monoisotopic (exact) mass is 461 g/mol. The minimum absolute atomic E-state index is 0.0119. The van der Waals surface area contributed by atoms with Crippen LogP contribution in [0.5, 0.6) is 5.88 Å². The number of likely N-dealkylation sites (tertiary alicyclic amines) is 1. The van der Waals surface area contributed by atoms with Crippen molar-refractivity contribution in [2.45, 2.75) is 12.6 Å². The number of aromatic amines is 1. The Morgan fingerprint density at radius 2 is 2.31 bits per heavy atom. The van der Waals surface area contributed by atoms with Crippen molar-refractivity contribution in [1.29, 1.82) is 0 Å². The van der Waals surface area contributed by atoms with Crippen LogP contribution in [-0.4, -0.2) is 80.2 Å². The predicted molar refractivity (Wildman–Crippen MR) is 118 cm³/mol. The van der Waals surface area contributed by atoms with Gasteiger partial charge in [-0.15, -0.1) is 0 Å². The average Bonchev–Trinajstić information content (AvgIpc) is 3.51. The zero-order chi connectivity index (χ0) is 22.7. The number of fused-ring (bicyclic) bond motifs is 1. The summed E-state index contributed by atoms with van der Waals surface area (Å²) in [4.78, 5) is 25.6. The van der Waals surface area contributed by atoms with Gasteiger partial charge in [-0.05, 0) is 6.08 Å². The van der Waals surface area contributed by atoms with Gasteiger partial charge in [0.25, 0.3) is 0 Å². The van der Waals surface area contributed by atoms with Crippen molar-refractivity contribution >= 4 is 40.2 Å². The summed E-state index contributed by atoms with van der Waals surface area (Å²) >= 11 is 6.33. The molecule has 1 aliphatic heterocycles. The second-order valence-corrected chi connectivity index (χ2v) is 7.75. The zero-order valence-corrected chi connectivity index (χ0v) is 18.2. The number of rotatable bonds is 9. The molecule has 4 heterocycles. The van der Waals surface area contributed by atoms with E-state index < -0.39 is 0 Å². The SMILES string of the molecule is C=CC(=O)N1C[C@H](COc2nc(Nc3cnn(CCO)c3)nc3[nH]cc(Cl)c23)[C@@H](OC)C1. The highest BCUT2D eigenvalue weighted by molar-refractivity contribution is 6.35. The lowest BCUT2D eigenvalue weighted by molar-refractivity contribution is -0.125. The number of carbonyl (C=O) groups is 1. The second kappa shape index (κ2) is 9.55. The number of carbonyl (C=O) groups excluding carboxylic acids is 1. The minimum atomic E-state index is -0.159. The average molecular weight is 462 g/mol. The first-order valence-electron chi connectivity index (χ1n) is 10.0. The first-order valence-corrected chi connectivity index (χ1v) is 10.4. The summed E-state index contributed by atoms with van der Waals surface area (Å²) in [6.45, 7) is 5.17. The molecule has 12 heteroatoms. The first kappa shape index (κ1) is 22.1. The van der Waals surface area contributed by atoms with Gasteiger partial charge in [0.15, 0.2) is 0 Å². The largest absolute Gasteiger partial charge is 0.477 e. The number of nitrogens with one attached hydrogen (secondary N) is 2. The number of nitrogens with zero attached hydrogens (tertiary/aromatic N) is 5. The number of H-pyrrole nitrogens is 1. The van der Waals surface area contributed by atoms with Crippen LogP contribution in [0.1, 0.15) is 0 Å². The van der Waals surface area contributed by atoms with E-state index in [1.807, 2.05) is 0 Å². The van der Waals surface area contributed by atoms with Gasteiger partial charge in [0.2, 0.25) is 17.7 Å². The van der Waals surface area contributed by atoms with E-state index in [2.05, 4.69) is 31.9 Å². The maximum absolute atomic E-state index is 12.0. The van der Waals surface area contributed by atoms with Gasteiger partial charge in [-0.25, -0.2) is 0 Å². The number of methoxy groups -OCH3 is 1. The van der Waals surface area contributed by atoms with E-state index in [1.54, 1.807) is 35.3 Å². The van der Waals surface area contributed by atoms with E-state index in [9.17, 15) is 4.79 Å². The van der Waals surface area contributed by atoms with Gasteiger partial charge in [0.05, 0.1) is 48.2 Å². The third-order valence-corrected chi connectivity index (χ3v) is 5.57. The van der Waals surface area contributed by atoms with Crippen LogP contribution in [-0.2, 0) is 16.1 Å². The highest BCUT2D eigenvalue weighted by Gasteiger charge is 2.35. The Balaban J connectivity index is 1.54. The number of hydrogen-bond acceptors (Lipinski definition) is 8. The molecular formula is C20H24ClN7O4. The molecule has 0 aliphatic carbocycles. The van der Waals surface area contributed by atoms with E-state index in [1.165, 1.54) is 6.08 Å². The quantitative estimate of drug-likeness (QED) is 0.409. The van der Waals surface area contributed by atoms with Crippen LogP contribution in [0.15, 0.2) is 31.2 Å². The molecule has 3 N–H and O–H groups in total. The number of aromatic nitrogens is 5. The van der Waals surface area contributed by atoms with Crippen molar-refractivity contribution in [3.63, 3.8) is 0 Å². The van der Waals surface area contributed by atoms with Crippen LogP contribution in [0, 0.1) is 5.92 Å². The van der Waals surface area contributed by atoms with Gasteiger partial charge >= 0.3 is 0 Å². The second-order valence-electron chi connectivity index (χ2n) is 7.35. The molecule has 1 amide bonds. The van der Waals surface area contributed by atoms with Crippen molar-refractivity contribution in [2.24, 2.45) is 5.92 Å². The van der Waals surface area contributed by atoms with E-state index in [4.69, 9.17) is 26.2 Å². The Hall–Kier alpha value is -3.15. The number of aliphatic hydroxyl groups is 1. The van der Waals surface area contributed by atoms with Gasteiger partial charge in [-0.2, -0.15) is 15.1 Å². The number of ether oxygens (including phenoxy) is 2. The summed E-state index contributed by atoms with van der Waals surface area (Å²) in [6, 6.07) is 0. The lowest BCUT2D eigenvalue weighted by Crippen LogP contribution is -2.28.